The van der Waals surface area contributed by atoms with Gasteiger partial charge in [0, 0.05) is 39.1 Å². The fraction of sp³-hybridized carbons (Fsp3) is 0.500. The number of anilines is 2. The lowest BCUT2D eigenvalue weighted by molar-refractivity contribution is -0.383. The van der Waals surface area contributed by atoms with Crippen LogP contribution in [0.25, 0.3) is 0 Å². The van der Waals surface area contributed by atoms with Crippen molar-refractivity contribution >= 4 is 23.2 Å². The molecule has 4 heterocycles. The van der Waals surface area contributed by atoms with E-state index in [0.29, 0.717) is 52.4 Å². The smallest absolute Gasteiger partial charge is 0.353 e. The molecule has 1 N–H and O–H groups in total. The first-order chi connectivity index (χ1) is 14.6. The van der Waals surface area contributed by atoms with Crippen molar-refractivity contribution in [2.24, 2.45) is 0 Å². The second-order valence-corrected chi connectivity index (χ2v) is 6.79. The maximum Gasteiger partial charge on any atom is 0.353 e. The summed E-state index contributed by atoms with van der Waals surface area (Å²) in [6, 6.07) is 3.27. The monoisotopic (exact) mass is 418 g/mol. The lowest BCUT2D eigenvalue weighted by Gasteiger charge is -2.34. The number of hydrogen-bond acceptors (Lipinski definition) is 10. The minimum absolute atomic E-state index is 0.150. The minimum Gasteiger partial charge on any atom is -0.459 e. The topological polar surface area (TPSA) is 136 Å². The Morgan fingerprint density at radius 2 is 2.00 bits per heavy atom. The van der Waals surface area contributed by atoms with Gasteiger partial charge in [-0.3, -0.25) is 14.9 Å². The molecule has 2 aliphatic heterocycles. The zero-order valence-electron chi connectivity index (χ0n) is 16.2. The number of nitro groups is 1. The van der Waals surface area contributed by atoms with Crippen molar-refractivity contribution in [1.82, 2.24) is 14.9 Å². The predicted molar refractivity (Wildman–Crippen MR) is 104 cm³/mol. The maximum atomic E-state index is 12.4. The van der Waals surface area contributed by atoms with Gasteiger partial charge in [0.2, 0.25) is 11.6 Å². The van der Waals surface area contributed by atoms with Crippen molar-refractivity contribution in [1.29, 1.82) is 0 Å². The van der Waals surface area contributed by atoms with Crippen molar-refractivity contribution in [3.05, 3.63) is 40.6 Å². The van der Waals surface area contributed by atoms with Crippen molar-refractivity contribution in [3.8, 4) is 0 Å². The normalized spacial score (nSPS) is 17.3. The van der Waals surface area contributed by atoms with E-state index in [-0.39, 0.29) is 35.3 Å². The maximum absolute atomic E-state index is 12.4. The van der Waals surface area contributed by atoms with Gasteiger partial charge in [-0.2, -0.15) is 0 Å². The average Bonchev–Trinajstić information content (AvgIpc) is 3.47. The quantitative estimate of drug-likeness (QED) is 0.514. The number of furan rings is 1. The number of aromatic nitrogens is 2. The summed E-state index contributed by atoms with van der Waals surface area (Å²) >= 11 is 0. The van der Waals surface area contributed by atoms with Gasteiger partial charge in [-0.05, 0) is 12.1 Å². The van der Waals surface area contributed by atoms with Crippen LogP contribution in [0.15, 0.2) is 29.1 Å². The lowest BCUT2D eigenvalue weighted by Crippen LogP contribution is -2.49. The molecule has 0 spiro atoms. The summed E-state index contributed by atoms with van der Waals surface area (Å²) in [6.45, 7) is 3.14. The number of rotatable bonds is 7. The Morgan fingerprint density at radius 3 is 2.67 bits per heavy atom. The second kappa shape index (κ2) is 9.05. The van der Waals surface area contributed by atoms with Gasteiger partial charge in [0.1, 0.15) is 6.33 Å². The van der Waals surface area contributed by atoms with Gasteiger partial charge in [0.25, 0.3) is 5.91 Å². The molecule has 0 saturated carbocycles. The summed E-state index contributed by atoms with van der Waals surface area (Å²) in [5.41, 5.74) is -0.184. The highest BCUT2D eigenvalue weighted by Crippen LogP contribution is 2.32. The molecule has 2 fully saturated rings. The van der Waals surface area contributed by atoms with Gasteiger partial charge in [0.05, 0.1) is 24.4 Å². The molecule has 30 heavy (non-hydrogen) atoms. The summed E-state index contributed by atoms with van der Waals surface area (Å²) in [6.07, 6.45) is 2.99. The van der Waals surface area contributed by atoms with Crippen LogP contribution in [0.5, 0.6) is 0 Å². The molecule has 0 aliphatic carbocycles. The van der Waals surface area contributed by atoms with Crippen LogP contribution in [0, 0.1) is 10.1 Å². The number of nitrogens with zero attached hydrogens (tertiary/aromatic N) is 5. The molecule has 0 unspecified atom stereocenters. The second-order valence-electron chi connectivity index (χ2n) is 6.79. The lowest BCUT2D eigenvalue weighted by atomic mass is 10.2. The standard InChI is InChI=1S/C18H22N6O6/c25-18(13-2-1-9-28-13)23-7-5-22(6-8-23)17-15(24(26)27)16(20-12-21-17)19-4-3-14-29-10-11-30-14/h1-2,9,12,14H,3-8,10-11H2,(H,19,20,21). The van der Waals surface area contributed by atoms with Gasteiger partial charge < -0.3 is 29.0 Å². The Balaban J connectivity index is 1.42. The van der Waals surface area contributed by atoms with Crippen LogP contribution in [-0.4, -0.2) is 77.9 Å². The molecule has 12 heteroatoms. The first-order valence-electron chi connectivity index (χ1n) is 9.67. The number of ether oxygens (including phenoxy) is 2. The molecule has 0 bridgehead atoms. The van der Waals surface area contributed by atoms with E-state index in [0.717, 1.165) is 0 Å². The van der Waals surface area contributed by atoms with Crippen molar-refractivity contribution in [3.63, 3.8) is 0 Å². The zero-order chi connectivity index (χ0) is 20.9. The van der Waals surface area contributed by atoms with E-state index in [2.05, 4.69) is 15.3 Å². The van der Waals surface area contributed by atoms with E-state index in [9.17, 15) is 14.9 Å². The highest BCUT2D eigenvalue weighted by Gasteiger charge is 2.31. The number of amides is 1. The summed E-state index contributed by atoms with van der Waals surface area (Å²) in [4.78, 5) is 35.3. The van der Waals surface area contributed by atoms with Crippen LogP contribution in [-0.2, 0) is 9.47 Å². The molecular formula is C18H22N6O6. The Bertz CT molecular complexity index is 877. The molecular weight excluding hydrogens is 396 g/mol. The molecule has 160 valence electrons. The number of piperazine rings is 1. The molecule has 1 amide bonds. The first-order valence-corrected chi connectivity index (χ1v) is 9.67. The van der Waals surface area contributed by atoms with E-state index >= 15 is 0 Å². The number of nitrogens with one attached hydrogen (secondary N) is 1. The number of carbonyl (C=O) groups excluding carboxylic acids is 1. The number of carbonyl (C=O) groups is 1. The van der Waals surface area contributed by atoms with E-state index in [1.54, 1.807) is 21.9 Å². The fourth-order valence-corrected chi connectivity index (χ4v) is 3.46. The molecule has 2 aliphatic rings. The minimum atomic E-state index is -0.486. The zero-order valence-corrected chi connectivity index (χ0v) is 16.2. The van der Waals surface area contributed by atoms with Crippen LogP contribution < -0.4 is 10.2 Å². The molecule has 0 aromatic carbocycles. The fourth-order valence-electron chi connectivity index (χ4n) is 3.46. The van der Waals surface area contributed by atoms with E-state index in [1.807, 2.05) is 0 Å². The summed E-state index contributed by atoms with van der Waals surface area (Å²) in [5.74, 6) is 0.460. The molecule has 2 saturated heterocycles. The number of hydrogen-bond donors (Lipinski definition) is 1. The average molecular weight is 418 g/mol. The van der Waals surface area contributed by atoms with E-state index in [4.69, 9.17) is 13.9 Å². The Labute approximate surface area is 171 Å². The van der Waals surface area contributed by atoms with Crippen LogP contribution in [0.1, 0.15) is 17.0 Å². The Kier molecular flexibility index (Phi) is 6.05. The molecule has 4 rings (SSSR count). The summed E-state index contributed by atoms with van der Waals surface area (Å²) in [5, 5.41) is 14.8. The largest absolute Gasteiger partial charge is 0.459 e. The molecule has 0 atom stereocenters. The third-order valence-corrected chi connectivity index (χ3v) is 4.95. The van der Waals surface area contributed by atoms with E-state index < -0.39 is 4.92 Å². The van der Waals surface area contributed by atoms with Crippen molar-refractivity contribution in [2.75, 3.05) is 56.2 Å². The SMILES string of the molecule is O=C(c1ccco1)N1CCN(c2ncnc(NCCC3OCCO3)c2[N+](=O)[O-])CC1. The molecule has 2 aromatic heterocycles. The summed E-state index contributed by atoms with van der Waals surface area (Å²) in [7, 11) is 0. The van der Waals surface area contributed by atoms with Gasteiger partial charge in [0.15, 0.2) is 12.1 Å². The van der Waals surface area contributed by atoms with Crippen LogP contribution in [0.3, 0.4) is 0 Å². The van der Waals surface area contributed by atoms with Crippen LogP contribution >= 0.6 is 0 Å². The predicted octanol–water partition coefficient (Wildman–Crippen LogP) is 1.12. The highest BCUT2D eigenvalue weighted by molar-refractivity contribution is 5.91. The van der Waals surface area contributed by atoms with Crippen LogP contribution in [0.2, 0.25) is 0 Å². The Hall–Kier alpha value is -3.25. The molecule has 2 aromatic rings. The van der Waals surface area contributed by atoms with Gasteiger partial charge in [-0.15, -0.1) is 0 Å². The Morgan fingerprint density at radius 1 is 1.23 bits per heavy atom. The van der Waals surface area contributed by atoms with Crippen molar-refractivity contribution < 1.29 is 23.6 Å². The first kappa shape index (κ1) is 20.0. The highest BCUT2D eigenvalue weighted by atomic mass is 16.7. The van der Waals surface area contributed by atoms with Crippen LogP contribution in [0.4, 0.5) is 17.3 Å². The third kappa shape index (κ3) is 4.33. The third-order valence-electron chi connectivity index (χ3n) is 4.95. The van der Waals surface area contributed by atoms with Gasteiger partial charge in [-0.1, -0.05) is 0 Å². The van der Waals surface area contributed by atoms with Gasteiger partial charge >= 0.3 is 5.69 Å². The summed E-state index contributed by atoms with van der Waals surface area (Å²) < 4.78 is 15.9. The molecule has 0 radical (unpaired) electrons. The molecule has 12 nitrogen and oxygen atoms in total. The van der Waals surface area contributed by atoms with Crippen molar-refractivity contribution in [2.45, 2.75) is 12.7 Å². The van der Waals surface area contributed by atoms with Gasteiger partial charge in [-0.25, -0.2) is 9.97 Å². The van der Waals surface area contributed by atoms with E-state index in [1.165, 1.54) is 12.6 Å².